The molecule has 0 unspecified atom stereocenters. The predicted octanol–water partition coefficient (Wildman–Crippen LogP) is 1.59. The molecule has 1 aliphatic carbocycles. The first-order valence-corrected chi connectivity index (χ1v) is 9.55. The van der Waals surface area contributed by atoms with E-state index in [4.69, 9.17) is 0 Å². The van der Waals surface area contributed by atoms with Crippen LogP contribution >= 0.6 is 0 Å². The van der Waals surface area contributed by atoms with E-state index in [1.165, 1.54) is 11.1 Å². The van der Waals surface area contributed by atoms with Gasteiger partial charge in [0.15, 0.2) is 0 Å². The van der Waals surface area contributed by atoms with Crippen molar-refractivity contribution in [3.8, 4) is 11.3 Å². The van der Waals surface area contributed by atoms with Crippen molar-refractivity contribution in [3.63, 3.8) is 0 Å². The van der Waals surface area contributed by atoms with Crippen LogP contribution in [0.1, 0.15) is 17.5 Å². The van der Waals surface area contributed by atoms with E-state index in [9.17, 15) is 8.42 Å². The standard InChI is InChI=1S/C16H20N4O2S/c1-23(21,22)18-10-9-17-15-11-13-7-4-6-12-5-2-3-8-14(12)16(13)20-19-15/h2-3,5,8,11,18H,4,6-7,9-10H2,1H3,(H,17,19). The van der Waals surface area contributed by atoms with E-state index < -0.39 is 10.0 Å². The summed E-state index contributed by atoms with van der Waals surface area (Å²) in [5.41, 5.74) is 4.62. The van der Waals surface area contributed by atoms with Crippen molar-refractivity contribution in [1.82, 2.24) is 14.9 Å². The minimum Gasteiger partial charge on any atom is -0.367 e. The summed E-state index contributed by atoms with van der Waals surface area (Å²) in [6.45, 7) is 0.789. The number of fused-ring (bicyclic) bond motifs is 3. The molecule has 1 aromatic heterocycles. The summed E-state index contributed by atoms with van der Waals surface area (Å²) in [6.07, 6.45) is 4.25. The Balaban J connectivity index is 1.74. The van der Waals surface area contributed by atoms with Crippen molar-refractivity contribution in [2.24, 2.45) is 0 Å². The summed E-state index contributed by atoms with van der Waals surface area (Å²) in [5, 5.41) is 11.7. The Bertz CT molecular complexity index is 805. The van der Waals surface area contributed by atoms with Gasteiger partial charge in [-0.25, -0.2) is 13.1 Å². The molecule has 7 heteroatoms. The fourth-order valence-electron chi connectivity index (χ4n) is 2.80. The van der Waals surface area contributed by atoms with E-state index in [-0.39, 0.29) is 0 Å². The van der Waals surface area contributed by atoms with Crippen molar-refractivity contribution in [2.45, 2.75) is 19.3 Å². The third-order valence-corrected chi connectivity index (χ3v) is 4.56. The average Bonchev–Trinajstić information content (AvgIpc) is 2.69. The van der Waals surface area contributed by atoms with Crippen LogP contribution in [0.5, 0.6) is 0 Å². The van der Waals surface area contributed by atoms with Crippen LogP contribution < -0.4 is 10.0 Å². The minimum atomic E-state index is -3.16. The molecular weight excluding hydrogens is 312 g/mol. The summed E-state index contributed by atoms with van der Waals surface area (Å²) < 4.78 is 24.5. The van der Waals surface area contributed by atoms with E-state index in [1.807, 2.05) is 12.1 Å². The van der Waals surface area contributed by atoms with Crippen molar-refractivity contribution < 1.29 is 8.42 Å². The number of aromatic nitrogens is 2. The molecule has 0 bridgehead atoms. The Hall–Kier alpha value is -1.99. The second-order valence-corrected chi connectivity index (χ2v) is 7.54. The third kappa shape index (κ3) is 4.05. The molecule has 0 atom stereocenters. The van der Waals surface area contributed by atoms with Crippen molar-refractivity contribution in [1.29, 1.82) is 0 Å². The number of sulfonamides is 1. The maximum Gasteiger partial charge on any atom is 0.208 e. The van der Waals surface area contributed by atoms with Crippen LogP contribution in [0.25, 0.3) is 11.3 Å². The average molecular weight is 332 g/mol. The zero-order valence-corrected chi connectivity index (χ0v) is 13.9. The van der Waals surface area contributed by atoms with E-state index in [0.717, 1.165) is 36.8 Å². The highest BCUT2D eigenvalue weighted by Crippen LogP contribution is 2.31. The van der Waals surface area contributed by atoms with Gasteiger partial charge >= 0.3 is 0 Å². The largest absolute Gasteiger partial charge is 0.367 e. The number of anilines is 1. The Morgan fingerprint density at radius 2 is 1.87 bits per heavy atom. The first-order chi connectivity index (χ1) is 11.0. The molecule has 23 heavy (non-hydrogen) atoms. The van der Waals surface area contributed by atoms with Gasteiger partial charge in [0.25, 0.3) is 0 Å². The summed E-state index contributed by atoms with van der Waals surface area (Å²) in [5.74, 6) is 0.679. The Labute approximate surface area is 136 Å². The molecule has 122 valence electrons. The van der Waals surface area contributed by atoms with Crippen LogP contribution in [0.2, 0.25) is 0 Å². The fraction of sp³-hybridized carbons (Fsp3) is 0.375. The smallest absolute Gasteiger partial charge is 0.208 e. The van der Waals surface area contributed by atoms with Crippen LogP contribution in [0.3, 0.4) is 0 Å². The second-order valence-electron chi connectivity index (χ2n) is 5.71. The lowest BCUT2D eigenvalue weighted by Crippen LogP contribution is -2.27. The van der Waals surface area contributed by atoms with Crippen molar-refractivity contribution >= 4 is 15.8 Å². The van der Waals surface area contributed by atoms with E-state index in [2.05, 4.69) is 38.4 Å². The summed E-state index contributed by atoms with van der Waals surface area (Å²) >= 11 is 0. The molecule has 0 spiro atoms. The highest BCUT2D eigenvalue weighted by atomic mass is 32.2. The summed E-state index contributed by atoms with van der Waals surface area (Å²) in [4.78, 5) is 0. The molecule has 0 aliphatic heterocycles. The number of rotatable bonds is 5. The Morgan fingerprint density at radius 1 is 1.09 bits per heavy atom. The minimum absolute atomic E-state index is 0.320. The van der Waals surface area contributed by atoms with Gasteiger partial charge < -0.3 is 5.32 Å². The monoisotopic (exact) mass is 332 g/mol. The fourth-order valence-corrected chi connectivity index (χ4v) is 3.27. The Kier molecular flexibility index (Phi) is 4.58. The lowest BCUT2D eigenvalue weighted by molar-refractivity contribution is 0.589. The van der Waals surface area contributed by atoms with Gasteiger partial charge in [-0.1, -0.05) is 24.3 Å². The SMILES string of the molecule is CS(=O)(=O)NCCNc1cc2c(nn1)-c1ccccc1CCC2. The van der Waals surface area contributed by atoms with Crippen LogP contribution in [-0.2, 0) is 22.9 Å². The first-order valence-electron chi connectivity index (χ1n) is 7.66. The quantitative estimate of drug-likeness (QED) is 0.813. The normalized spacial score (nSPS) is 13.8. The lowest BCUT2D eigenvalue weighted by Gasteiger charge is -2.10. The molecule has 0 saturated heterocycles. The lowest BCUT2D eigenvalue weighted by atomic mass is 10.0. The molecule has 0 amide bonds. The van der Waals surface area contributed by atoms with Gasteiger partial charge in [-0.05, 0) is 36.5 Å². The summed E-state index contributed by atoms with van der Waals surface area (Å²) in [7, 11) is -3.16. The van der Waals surface area contributed by atoms with Gasteiger partial charge in [0.2, 0.25) is 10.0 Å². The predicted molar refractivity (Wildman–Crippen MR) is 90.8 cm³/mol. The molecular formula is C16H20N4O2S. The number of benzene rings is 1. The molecule has 1 aromatic carbocycles. The maximum absolute atomic E-state index is 11.0. The molecule has 0 saturated carbocycles. The van der Waals surface area contributed by atoms with Crippen LogP contribution in [0.4, 0.5) is 5.82 Å². The molecule has 2 N–H and O–H groups in total. The molecule has 0 fully saturated rings. The highest BCUT2D eigenvalue weighted by molar-refractivity contribution is 7.88. The van der Waals surface area contributed by atoms with Crippen LogP contribution in [0.15, 0.2) is 30.3 Å². The molecule has 0 radical (unpaired) electrons. The van der Waals surface area contributed by atoms with Gasteiger partial charge in [0.1, 0.15) is 5.82 Å². The Morgan fingerprint density at radius 3 is 2.70 bits per heavy atom. The second kappa shape index (κ2) is 6.64. The van der Waals surface area contributed by atoms with Crippen molar-refractivity contribution in [3.05, 3.63) is 41.5 Å². The molecule has 1 aliphatic rings. The first kappa shape index (κ1) is 15.9. The van der Waals surface area contributed by atoms with Crippen molar-refractivity contribution in [2.75, 3.05) is 24.7 Å². The third-order valence-electron chi connectivity index (χ3n) is 3.83. The molecule has 3 rings (SSSR count). The van der Waals surface area contributed by atoms with Gasteiger partial charge in [0, 0.05) is 18.7 Å². The number of nitrogens with one attached hydrogen (secondary N) is 2. The topological polar surface area (TPSA) is 84.0 Å². The molecule has 6 nitrogen and oxygen atoms in total. The van der Waals surface area contributed by atoms with Gasteiger partial charge in [0.05, 0.1) is 11.9 Å². The van der Waals surface area contributed by atoms with E-state index in [1.54, 1.807) is 0 Å². The van der Waals surface area contributed by atoms with Gasteiger partial charge in [-0.15, -0.1) is 10.2 Å². The van der Waals surface area contributed by atoms with Crippen LogP contribution in [-0.4, -0.2) is 38.0 Å². The number of hydrogen-bond acceptors (Lipinski definition) is 5. The number of aryl methyl sites for hydroxylation is 2. The maximum atomic E-state index is 11.0. The molecule has 1 heterocycles. The van der Waals surface area contributed by atoms with E-state index in [0.29, 0.717) is 18.9 Å². The van der Waals surface area contributed by atoms with Gasteiger partial charge in [-0.2, -0.15) is 0 Å². The number of nitrogens with zero attached hydrogens (tertiary/aromatic N) is 2. The zero-order valence-electron chi connectivity index (χ0n) is 13.0. The van der Waals surface area contributed by atoms with Gasteiger partial charge in [-0.3, -0.25) is 0 Å². The zero-order chi connectivity index (χ0) is 16.3. The summed E-state index contributed by atoms with van der Waals surface area (Å²) in [6, 6.07) is 10.3. The van der Waals surface area contributed by atoms with Crippen LogP contribution in [0, 0.1) is 0 Å². The van der Waals surface area contributed by atoms with E-state index >= 15 is 0 Å². The highest BCUT2D eigenvalue weighted by Gasteiger charge is 2.16. The number of hydrogen-bond donors (Lipinski definition) is 2. The molecule has 2 aromatic rings.